The molecule has 1 heterocycles. The van der Waals surface area contributed by atoms with Crippen molar-refractivity contribution in [3.8, 4) is 0 Å². The Bertz CT molecular complexity index is 540. The van der Waals surface area contributed by atoms with Crippen molar-refractivity contribution in [3.05, 3.63) is 23.8 Å². The normalized spacial score (nSPS) is 15.1. The zero-order chi connectivity index (χ0) is 15.4. The lowest BCUT2D eigenvalue weighted by atomic mass is 10.2. The lowest BCUT2D eigenvalue weighted by Crippen LogP contribution is -2.50. The number of benzene rings is 1. The van der Waals surface area contributed by atoms with Gasteiger partial charge in [-0.15, -0.1) is 11.8 Å². The first-order valence-corrected chi connectivity index (χ1v) is 7.98. The van der Waals surface area contributed by atoms with Crippen LogP contribution in [0.25, 0.3) is 0 Å². The maximum atomic E-state index is 12.2. The summed E-state index contributed by atoms with van der Waals surface area (Å²) in [6, 6.07) is 5.81. The standard InChI is InChI=1S/C15H21N3O2S/c1-11-9-13(3-4-14(11)16)21-10-15(20)18-7-5-17(6-8-18)12(2)19/h3-4,9H,5-8,10,16H2,1-2H3. The van der Waals surface area contributed by atoms with Gasteiger partial charge in [-0.1, -0.05) is 0 Å². The number of thioether (sulfide) groups is 1. The number of hydrogen-bond acceptors (Lipinski definition) is 4. The van der Waals surface area contributed by atoms with Gasteiger partial charge >= 0.3 is 0 Å². The Morgan fingerprint density at radius 3 is 2.38 bits per heavy atom. The fourth-order valence-electron chi connectivity index (χ4n) is 2.25. The molecule has 1 aromatic carbocycles. The van der Waals surface area contributed by atoms with Crippen LogP contribution in [-0.4, -0.2) is 53.5 Å². The number of carbonyl (C=O) groups is 2. The van der Waals surface area contributed by atoms with Crippen molar-refractivity contribution in [2.24, 2.45) is 0 Å². The second-order valence-electron chi connectivity index (χ2n) is 5.19. The van der Waals surface area contributed by atoms with Crippen LogP contribution in [0.3, 0.4) is 0 Å². The van der Waals surface area contributed by atoms with Crippen LogP contribution in [0.2, 0.25) is 0 Å². The maximum Gasteiger partial charge on any atom is 0.233 e. The van der Waals surface area contributed by atoms with Crippen LogP contribution in [0.15, 0.2) is 23.1 Å². The van der Waals surface area contributed by atoms with Gasteiger partial charge in [0, 0.05) is 43.7 Å². The monoisotopic (exact) mass is 307 g/mol. The van der Waals surface area contributed by atoms with Crippen LogP contribution in [0.4, 0.5) is 5.69 Å². The van der Waals surface area contributed by atoms with Gasteiger partial charge in [0.2, 0.25) is 11.8 Å². The second-order valence-corrected chi connectivity index (χ2v) is 6.24. The van der Waals surface area contributed by atoms with Gasteiger partial charge in [-0.05, 0) is 30.7 Å². The summed E-state index contributed by atoms with van der Waals surface area (Å²) in [5.41, 5.74) is 7.58. The van der Waals surface area contributed by atoms with Gasteiger partial charge in [-0.2, -0.15) is 0 Å². The minimum atomic E-state index is 0.0776. The van der Waals surface area contributed by atoms with Crippen molar-refractivity contribution in [1.29, 1.82) is 0 Å². The molecule has 1 aliphatic rings. The van der Waals surface area contributed by atoms with Gasteiger partial charge < -0.3 is 15.5 Å². The minimum absolute atomic E-state index is 0.0776. The van der Waals surface area contributed by atoms with Crippen molar-refractivity contribution in [3.63, 3.8) is 0 Å². The van der Waals surface area contributed by atoms with E-state index in [9.17, 15) is 9.59 Å². The van der Waals surface area contributed by atoms with E-state index >= 15 is 0 Å². The zero-order valence-corrected chi connectivity index (χ0v) is 13.3. The summed E-state index contributed by atoms with van der Waals surface area (Å²) in [5.74, 6) is 0.621. The van der Waals surface area contributed by atoms with E-state index in [1.807, 2.05) is 30.0 Å². The zero-order valence-electron chi connectivity index (χ0n) is 12.5. The summed E-state index contributed by atoms with van der Waals surface area (Å²) in [5, 5.41) is 0. The summed E-state index contributed by atoms with van der Waals surface area (Å²) in [4.78, 5) is 28.1. The van der Waals surface area contributed by atoms with E-state index in [0.717, 1.165) is 16.1 Å². The molecule has 1 aliphatic heterocycles. The smallest absolute Gasteiger partial charge is 0.233 e. The highest BCUT2D eigenvalue weighted by molar-refractivity contribution is 8.00. The third kappa shape index (κ3) is 4.14. The molecule has 0 aromatic heterocycles. The van der Waals surface area contributed by atoms with E-state index in [-0.39, 0.29) is 11.8 Å². The summed E-state index contributed by atoms with van der Waals surface area (Å²) in [6.07, 6.45) is 0. The van der Waals surface area contributed by atoms with Crippen molar-refractivity contribution in [1.82, 2.24) is 9.80 Å². The molecule has 6 heteroatoms. The average molecular weight is 307 g/mol. The van der Waals surface area contributed by atoms with E-state index in [0.29, 0.717) is 31.9 Å². The molecule has 0 bridgehead atoms. The molecular formula is C15H21N3O2S. The number of nitrogens with two attached hydrogens (primary N) is 1. The number of nitrogens with zero attached hydrogens (tertiary/aromatic N) is 2. The largest absolute Gasteiger partial charge is 0.399 e. The second kappa shape index (κ2) is 6.85. The molecule has 21 heavy (non-hydrogen) atoms. The predicted octanol–water partition coefficient (Wildman–Crippen LogP) is 1.36. The number of hydrogen-bond donors (Lipinski definition) is 1. The molecule has 0 aliphatic carbocycles. The molecular weight excluding hydrogens is 286 g/mol. The molecule has 2 amide bonds. The fraction of sp³-hybridized carbons (Fsp3) is 0.467. The van der Waals surface area contributed by atoms with Crippen LogP contribution in [0.5, 0.6) is 0 Å². The SMILES string of the molecule is CC(=O)N1CCN(C(=O)CSc2ccc(N)c(C)c2)CC1. The molecule has 0 atom stereocenters. The Morgan fingerprint density at radius 2 is 1.81 bits per heavy atom. The molecule has 1 aromatic rings. The number of anilines is 1. The maximum absolute atomic E-state index is 12.2. The topological polar surface area (TPSA) is 66.6 Å². The lowest BCUT2D eigenvalue weighted by molar-refractivity contribution is -0.136. The van der Waals surface area contributed by atoms with E-state index in [4.69, 9.17) is 5.73 Å². The average Bonchev–Trinajstić information content (AvgIpc) is 2.48. The molecule has 1 saturated heterocycles. The van der Waals surface area contributed by atoms with Crippen molar-refractivity contribution in [2.45, 2.75) is 18.7 Å². The van der Waals surface area contributed by atoms with Gasteiger partial charge in [0.1, 0.15) is 0 Å². The minimum Gasteiger partial charge on any atom is -0.399 e. The van der Waals surface area contributed by atoms with E-state index < -0.39 is 0 Å². The van der Waals surface area contributed by atoms with Gasteiger partial charge in [0.25, 0.3) is 0 Å². The fourth-order valence-corrected chi connectivity index (χ4v) is 3.14. The Morgan fingerprint density at radius 1 is 1.19 bits per heavy atom. The number of carbonyl (C=O) groups excluding carboxylic acids is 2. The van der Waals surface area contributed by atoms with Crippen molar-refractivity contribution < 1.29 is 9.59 Å². The van der Waals surface area contributed by atoms with Crippen molar-refractivity contribution in [2.75, 3.05) is 37.7 Å². The van der Waals surface area contributed by atoms with Crippen LogP contribution in [0.1, 0.15) is 12.5 Å². The highest BCUT2D eigenvalue weighted by atomic mass is 32.2. The van der Waals surface area contributed by atoms with E-state index in [1.54, 1.807) is 11.8 Å². The predicted molar refractivity (Wildman–Crippen MR) is 85.1 cm³/mol. The van der Waals surface area contributed by atoms with Crippen LogP contribution >= 0.6 is 11.8 Å². The third-order valence-corrected chi connectivity index (χ3v) is 4.66. The van der Waals surface area contributed by atoms with Crippen LogP contribution < -0.4 is 5.73 Å². The summed E-state index contributed by atoms with van der Waals surface area (Å²) < 4.78 is 0. The molecule has 1 fully saturated rings. The number of nitrogen functional groups attached to an aromatic ring is 1. The summed E-state index contributed by atoms with van der Waals surface area (Å²) >= 11 is 1.52. The Balaban J connectivity index is 1.82. The first-order chi connectivity index (χ1) is 9.97. The first-order valence-electron chi connectivity index (χ1n) is 6.99. The molecule has 5 nitrogen and oxygen atoms in total. The van der Waals surface area contributed by atoms with Crippen LogP contribution in [-0.2, 0) is 9.59 Å². The third-order valence-electron chi connectivity index (χ3n) is 3.68. The molecule has 2 N–H and O–H groups in total. The number of amides is 2. The Hall–Kier alpha value is -1.69. The van der Waals surface area contributed by atoms with Gasteiger partial charge in [-0.25, -0.2) is 0 Å². The van der Waals surface area contributed by atoms with Gasteiger partial charge in [-0.3, -0.25) is 9.59 Å². The van der Waals surface area contributed by atoms with Gasteiger partial charge in [0.15, 0.2) is 0 Å². The highest BCUT2D eigenvalue weighted by Gasteiger charge is 2.22. The molecule has 0 unspecified atom stereocenters. The summed E-state index contributed by atoms with van der Waals surface area (Å²) in [7, 11) is 0. The van der Waals surface area contributed by atoms with Crippen molar-refractivity contribution >= 4 is 29.3 Å². The number of piperazine rings is 1. The molecule has 114 valence electrons. The Kier molecular flexibility index (Phi) is 5.12. The first kappa shape index (κ1) is 15.7. The quantitative estimate of drug-likeness (QED) is 0.676. The molecule has 0 spiro atoms. The molecule has 0 radical (unpaired) electrons. The lowest BCUT2D eigenvalue weighted by Gasteiger charge is -2.34. The molecule has 2 rings (SSSR count). The van der Waals surface area contributed by atoms with E-state index in [1.165, 1.54) is 11.8 Å². The van der Waals surface area contributed by atoms with Crippen LogP contribution in [0, 0.1) is 6.92 Å². The van der Waals surface area contributed by atoms with E-state index in [2.05, 4.69) is 0 Å². The highest BCUT2D eigenvalue weighted by Crippen LogP contribution is 2.22. The molecule has 0 saturated carbocycles. The number of rotatable bonds is 3. The van der Waals surface area contributed by atoms with Gasteiger partial charge in [0.05, 0.1) is 5.75 Å². The Labute approximate surface area is 129 Å². The number of aryl methyl sites for hydroxylation is 1. The summed E-state index contributed by atoms with van der Waals surface area (Å²) in [6.45, 7) is 6.04.